The maximum Gasteiger partial charge on any atom is 0.387 e. The van der Waals surface area contributed by atoms with E-state index < -0.39 is 6.61 Å². The second-order valence-electron chi connectivity index (χ2n) is 6.24. The van der Waals surface area contributed by atoms with Crippen LogP contribution in [0.25, 0.3) is 0 Å². The van der Waals surface area contributed by atoms with Crippen LogP contribution in [-0.4, -0.2) is 49.6 Å². The predicted molar refractivity (Wildman–Crippen MR) is 106 cm³/mol. The lowest BCUT2D eigenvalue weighted by molar-refractivity contribution is -0.130. The smallest absolute Gasteiger partial charge is 0.387 e. The predicted octanol–water partition coefficient (Wildman–Crippen LogP) is 3.66. The van der Waals surface area contributed by atoms with Gasteiger partial charge < -0.3 is 20.3 Å². The van der Waals surface area contributed by atoms with Crippen LogP contribution in [0.2, 0.25) is 10.0 Å². The Kier molecular flexibility index (Phi) is 9.05. The number of alkyl halides is 2. The summed E-state index contributed by atoms with van der Waals surface area (Å²) in [5.41, 5.74) is 0.317. The third-order valence-electron chi connectivity index (χ3n) is 4.16. The van der Waals surface area contributed by atoms with Crippen molar-refractivity contribution in [2.75, 3.05) is 26.2 Å². The standard InChI is InChI=1S/C18H24Cl2F2N4O2/c1-2-23-18(25-11-15(27)26-6-4-3-5-7-26)24-10-12-8-13(19)9-14(20)16(12)28-17(21)22/h8-9,17H,2-7,10-11H2,1H3,(H2,23,24,25). The molecule has 0 aromatic heterocycles. The Balaban J connectivity index is 2.06. The number of nitrogens with zero attached hydrogens (tertiary/aromatic N) is 2. The maximum atomic E-state index is 12.7. The molecule has 1 heterocycles. The van der Waals surface area contributed by atoms with Crippen molar-refractivity contribution in [2.24, 2.45) is 4.99 Å². The van der Waals surface area contributed by atoms with E-state index in [4.69, 9.17) is 23.2 Å². The monoisotopic (exact) mass is 436 g/mol. The molecule has 0 atom stereocenters. The van der Waals surface area contributed by atoms with Crippen molar-refractivity contribution in [1.29, 1.82) is 0 Å². The number of carbonyl (C=O) groups excluding carboxylic acids is 1. The molecular weight excluding hydrogens is 413 g/mol. The SMILES string of the molecule is CCNC(=NCc1cc(Cl)cc(Cl)c1OC(F)F)NCC(=O)N1CCCCC1. The molecule has 1 fully saturated rings. The molecule has 6 nitrogen and oxygen atoms in total. The van der Waals surface area contributed by atoms with Crippen LogP contribution in [-0.2, 0) is 11.3 Å². The normalized spacial score (nSPS) is 14.9. The van der Waals surface area contributed by atoms with Crippen molar-refractivity contribution in [3.8, 4) is 5.75 Å². The lowest BCUT2D eigenvalue weighted by Crippen LogP contribution is -2.46. The largest absolute Gasteiger partial charge is 0.433 e. The fourth-order valence-corrected chi connectivity index (χ4v) is 3.45. The van der Waals surface area contributed by atoms with Gasteiger partial charge in [0.1, 0.15) is 5.75 Å². The number of amides is 1. The van der Waals surface area contributed by atoms with E-state index in [-0.39, 0.29) is 34.8 Å². The molecule has 0 spiro atoms. The Morgan fingerprint density at radius 3 is 2.61 bits per heavy atom. The second kappa shape index (κ2) is 11.3. The van der Waals surface area contributed by atoms with Crippen LogP contribution in [0.1, 0.15) is 31.7 Å². The molecule has 0 unspecified atom stereocenters. The molecule has 28 heavy (non-hydrogen) atoms. The van der Waals surface area contributed by atoms with Gasteiger partial charge >= 0.3 is 6.61 Å². The minimum atomic E-state index is -3.02. The molecule has 0 radical (unpaired) electrons. The van der Waals surface area contributed by atoms with Crippen molar-refractivity contribution >= 4 is 35.1 Å². The number of halogens is 4. The Hall–Kier alpha value is -1.80. The number of hydrogen-bond acceptors (Lipinski definition) is 3. The van der Waals surface area contributed by atoms with Crippen LogP contribution in [0.3, 0.4) is 0 Å². The number of rotatable bonds is 7. The molecule has 1 aliphatic rings. The van der Waals surface area contributed by atoms with Gasteiger partial charge in [-0.25, -0.2) is 4.99 Å². The number of nitrogens with one attached hydrogen (secondary N) is 2. The van der Waals surface area contributed by atoms with E-state index in [9.17, 15) is 13.6 Å². The first-order valence-corrected chi connectivity index (χ1v) is 9.89. The molecule has 1 amide bonds. The number of hydrogen-bond donors (Lipinski definition) is 2. The fraction of sp³-hybridized carbons (Fsp3) is 0.556. The Labute approximate surface area is 173 Å². The zero-order valence-electron chi connectivity index (χ0n) is 15.6. The number of guanidine groups is 1. The van der Waals surface area contributed by atoms with E-state index in [0.29, 0.717) is 18.1 Å². The number of aliphatic imine (C=N–C) groups is 1. The summed E-state index contributed by atoms with van der Waals surface area (Å²) in [6.07, 6.45) is 3.18. The third-order valence-corrected chi connectivity index (χ3v) is 4.66. The molecule has 156 valence electrons. The molecule has 1 saturated heterocycles. The quantitative estimate of drug-likeness (QED) is 0.505. The van der Waals surface area contributed by atoms with Gasteiger partial charge in [-0.1, -0.05) is 23.2 Å². The zero-order chi connectivity index (χ0) is 20.5. The van der Waals surface area contributed by atoms with Crippen LogP contribution in [0.5, 0.6) is 5.75 Å². The molecule has 0 aliphatic carbocycles. The van der Waals surface area contributed by atoms with Gasteiger partial charge in [0.2, 0.25) is 5.91 Å². The van der Waals surface area contributed by atoms with E-state index in [1.54, 1.807) is 0 Å². The van der Waals surface area contributed by atoms with Crippen LogP contribution >= 0.6 is 23.2 Å². The van der Waals surface area contributed by atoms with Crippen molar-refractivity contribution in [3.63, 3.8) is 0 Å². The lowest BCUT2D eigenvalue weighted by Gasteiger charge is -2.27. The molecule has 1 aliphatic heterocycles. The summed E-state index contributed by atoms with van der Waals surface area (Å²) in [5, 5.41) is 6.25. The Morgan fingerprint density at radius 1 is 1.25 bits per heavy atom. The summed E-state index contributed by atoms with van der Waals surface area (Å²) < 4.78 is 29.8. The molecular formula is C18H24Cl2F2N4O2. The number of piperidine rings is 1. The second-order valence-corrected chi connectivity index (χ2v) is 7.09. The summed E-state index contributed by atoms with van der Waals surface area (Å²) in [4.78, 5) is 18.4. The highest BCUT2D eigenvalue weighted by atomic mass is 35.5. The summed E-state index contributed by atoms with van der Waals surface area (Å²) in [6.45, 7) is 1.06. The van der Waals surface area contributed by atoms with Gasteiger partial charge in [0, 0.05) is 30.2 Å². The van der Waals surface area contributed by atoms with Crippen molar-refractivity contribution in [3.05, 3.63) is 27.7 Å². The topological polar surface area (TPSA) is 66.0 Å². The summed E-state index contributed by atoms with van der Waals surface area (Å²) in [5.74, 6) is 0.217. The van der Waals surface area contributed by atoms with Crippen molar-refractivity contribution < 1.29 is 18.3 Å². The molecule has 0 saturated carbocycles. The van der Waals surface area contributed by atoms with Gasteiger partial charge in [0.15, 0.2) is 5.96 Å². The molecule has 1 aromatic carbocycles. The highest BCUT2D eigenvalue weighted by Gasteiger charge is 2.17. The van der Waals surface area contributed by atoms with Gasteiger partial charge in [0.25, 0.3) is 0 Å². The van der Waals surface area contributed by atoms with E-state index >= 15 is 0 Å². The molecule has 1 aromatic rings. The number of benzene rings is 1. The lowest BCUT2D eigenvalue weighted by atomic mass is 10.1. The van der Waals surface area contributed by atoms with Gasteiger partial charge in [-0.2, -0.15) is 8.78 Å². The average molecular weight is 437 g/mol. The summed E-state index contributed by atoms with van der Waals surface area (Å²) in [6, 6.07) is 2.80. The van der Waals surface area contributed by atoms with E-state index in [1.807, 2.05) is 11.8 Å². The van der Waals surface area contributed by atoms with Crippen LogP contribution in [0, 0.1) is 0 Å². The van der Waals surface area contributed by atoms with Crippen LogP contribution in [0.4, 0.5) is 8.78 Å². The minimum absolute atomic E-state index is 0.00201. The number of carbonyl (C=O) groups is 1. The van der Waals surface area contributed by atoms with Crippen molar-refractivity contribution in [1.82, 2.24) is 15.5 Å². The molecule has 2 N–H and O–H groups in total. The van der Waals surface area contributed by atoms with E-state index in [1.165, 1.54) is 12.1 Å². The van der Waals surface area contributed by atoms with E-state index in [0.717, 1.165) is 32.4 Å². The van der Waals surface area contributed by atoms with Gasteiger partial charge in [-0.15, -0.1) is 0 Å². The highest BCUT2D eigenvalue weighted by Crippen LogP contribution is 2.34. The minimum Gasteiger partial charge on any atom is -0.433 e. The molecule has 2 rings (SSSR count). The Morgan fingerprint density at radius 2 is 1.96 bits per heavy atom. The van der Waals surface area contributed by atoms with Crippen LogP contribution < -0.4 is 15.4 Å². The fourth-order valence-electron chi connectivity index (χ4n) is 2.87. The maximum absolute atomic E-state index is 12.7. The average Bonchev–Trinajstić information content (AvgIpc) is 2.66. The van der Waals surface area contributed by atoms with Gasteiger partial charge in [-0.3, -0.25) is 4.79 Å². The first kappa shape index (κ1) is 22.5. The Bertz CT molecular complexity index is 698. The number of likely N-dealkylation sites (tertiary alicyclic amines) is 1. The molecule has 10 heteroatoms. The first-order valence-electron chi connectivity index (χ1n) is 9.13. The van der Waals surface area contributed by atoms with E-state index in [2.05, 4.69) is 20.4 Å². The summed E-state index contributed by atoms with van der Waals surface area (Å²) in [7, 11) is 0. The summed E-state index contributed by atoms with van der Waals surface area (Å²) >= 11 is 11.9. The van der Waals surface area contributed by atoms with Gasteiger partial charge in [-0.05, 0) is 38.3 Å². The number of ether oxygens (including phenoxy) is 1. The highest BCUT2D eigenvalue weighted by molar-refractivity contribution is 6.35. The third kappa shape index (κ3) is 6.98. The van der Waals surface area contributed by atoms with Crippen molar-refractivity contribution in [2.45, 2.75) is 39.3 Å². The first-order chi connectivity index (χ1) is 13.4. The van der Waals surface area contributed by atoms with Gasteiger partial charge in [0.05, 0.1) is 18.1 Å². The molecule has 0 bridgehead atoms. The van der Waals surface area contributed by atoms with Crippen LogP contribution in [0.15, 0.2) is 17.1 Å². The zero-order valence-corrected chi connectivity index (χ0v) is 17.1.